The third kappa shape index (κ3) is 3.04. The highest BCUT2D eigenvalue weighted by molar-refractivity contribution is 9.10. The molecule has 0 spiro atoms. The summed E-state index contributed by atoms with van der Waals surface area (Å²) in [5, 5.41) is 7.13. The number of anilines is 1. The molecule has 0 radical (unpaired) electrons. The van der Waals surface area contributed by atoms with Crippen LogP contribution >= 0.6 is 15.9 Å². The molecule has 102 valence electrons. The fourth-order valence-electron chi connectivity index (χ4n) is 1.58. The van der Waals surface area contributed by atoms with E-state index in [1.54, 1.807) is 12.4 Å². The van der Waals surface area contributed by atoms with Gasteiger partial charge in [-0.05, 0) is 22.9 Å². The lowest BCUT2D eigenvalue weighted by Crippen LogP contribution is -2.23. The van der Waals surface area contributed by atoms with Gasteiger partial charge in [0, 0.05) is 13.0 Å². The van der Waals surface area contributed by atoms with Crippen molar-refractivity contribution in [3.05, 3.63) is 38.9 Å². The van der Waals surface area contributed by atoms with Crippen molar-refractivity contribution in [2.24, 2.45) is 0 Å². The molecule has 2 aromatic heterocycles. The van der Waals surface area contributed by atoms with Crippen LogP contribution in [0.1, 0.15) is 25.5 Å². The number of oxazole rings is 1. The molecule has 0 saturated carbocycles. The van der Waals surface area contributed by atoms with Gasteiger partial charge in [-0.2, -0.15) is 5.10 Å². The van der Waals surface area contributed by atoms with E-state index in [0.29, 0.717) is 29.1 Å². The Kier molecular flexibility index (Phi) is 4.36. The zero-order chi connectivity index (χ0) is 13.8. The lowest BCUT2D eigenvalue weighted by Gasteiger charge is -2.07. The predicted octanol–water partition coefficient (Wildman–Crippen LogP) is 2.19. The topological polar surface area (TPSA) is 73.0 Å². The number of rotatable bonds is 5. The predicted molar refractivity (Wildman–Crippen MR) is 75.1 cm³/mol. The molecule has 19 heavy (non-hydrogen) atoms. The number of nitrogens with one attached hydrogen (secondary N) is 1. The highest BCUT2D eigenvalue weighted by atomic mass is 79.9. The molecule has 1 N–H and O–H groups in total. The molecule has 0 amide bonds. The van der Waals surface area contributed by atoms with Crippen molar-refractivity contribution in [3.8, 4) is 0 Å². The van der Waals surface area contributed by atoms with Crippen molar-refractivity contribution < 1.29 is 4.42 Å². The third-order valence-corrected chi connectivity index (χ3v) is 3.43. The maximum absolute atomic E-state index is 11.9. The molecule has 2 rings (SSSR count). The number of aromatic nitrogens is 3. The largest absolute Gasteiger partial charge is 0.444 e. The van der Waals surface area contributed by atoms with Crippen molar-refractivity contribution in [1.82, 2.24) is 14.8 Å². The Morgan fingerprint density at radius 2 is 2.21 bits per heavy atom. The van der Waals surface area contributed by atoms with Gasteiger partial charge in [0.15, 0.2) is 0 Å². The quantitative estimate of drug-likeness (QED) is 0.911. The van der Waals surface area contributed by atoms with Gasteiger partial charge in [0.25, 0.3) is 5.56 Å². The molecular weight excluding hydrogens is 312 g/mol. The molecule has 0 bridgehead atoms. The molecule has 0 aliphatic rings. The number of hydrogen-bond acceptors (Lipinski definition) is 5. The monoisotopic (exact) mass is 326 g/mol. The zero-order valence-electron chi connectivity index (χ0n) is 10.8. The summed E-state index contributed by atoms with van der Waals surface area (Å²) in [5.74, 6) is 1.43. The van der Waals surface area contributed by atoms with Crippen LogP contribution in [0.5, 0.6) is 0 Å². The molecule has 6 nitrogen and oxygen atoms in total. The van der Waals surface area contributed by atoms with Gasteiger partial charge in [0.1, 0.15) is 10.2 Å². The summed E-state index contributed by atoms with van der Waals surface area (Å²) in [4.78, 5) is 16.0. The van der Waals surface area contributed by atoms with Crippen LogP contribution in [-0.4, -0.2) is 14.8 Å². The van der Waals surface area contributed by atoms with E-state index in [1.165, 1.54) is 4.68 Å². The first kappa shape index (κ1) is 13.8. The summed E-state index contributed by atoms with van der Waals surface area (Å²) in [6.07, 6.45) is 4.13. The number of hydrogen-bond donors (Lipinski definition) is 1. The van der Waals surface area contributed by atoms with E-state index in [1.807, 2.05) is 13.8 Å². The SMILES string of the molecule is CCc1cnc(CNc2cnn(CC)c(=O)c2Br)o1. The highest BCUT2D eigenvalue weighted by Gasteiger charge is 2.09. The molecular formula is C12H15BrN4O2. The average Bonchev–Trinajstić information content (AvgIpc) is 2.88. The second-order valence-corrected chi connectivity index (χ2v) is 4.71. The van der Waals surface area contributed by atoms with Gasteiger partial charge in [-0.3, -0.25) is 4.79 Å². The molecule has 0 fully saturated rings. The summed E-state index contributed by atoms with van der Waals surface area (Å²) < 4.78 is 7.33. The van der Waals surface area contributed by atoms with Crippen molar-refractivity contribution in [3.63, 3.8) is 0 Å². The van der Waals surface area contributed by atoms with Crippen LogP contribution in [0.2, 0.25) is 0 Å². The Hall–Kier alpha value is -1.63. The summed E-state index contributed by atoms with van der Waals surface area (Å²) in [6, 6.07) is 0. The summed E-state index contributed by atoms with van der Waals surface area (Å²) in [5.41, 5.74) is 0.472. The van der Waals surface area contributed by atoms with Gasteiger partial charge in [-0.25, -0.2) is 9.67 Å². The standard InChI is InChI=1S/C12H15BrN4O2/c1-3-8-5-15-10(19-8)7-14-9-6-16-17(4-2)12(18)11(9)13/h5-6,14H,3-4,7H2,1-2H3. The first-order chi connectivity index (χ1) is 9.15. The van der Waals surface area contributed by atoms with Gasteiger partial charge < -0.3 is 9.73 Å². The van der Waals surface area contributed by atoms with Gasteiger partial charge in [-0.15, -0.1) is 0 Å². The number of aryl methyl sites for hydroxylation is 2. The van der Waals surface area contributed by atoms with Gasteiger partial charge in [-0.1, -0.05) is 6.92 Å². The minimum absolute atomic E-state index is 0.158. The van der Waals surface area contributed by atoms with E-state index in [9.17, 15) is 4.79 Å². The Labute approximate surface area is 119 Å². The van der Waals surface area contributed by atoms with Crippen molar-refractivity contribution in [2.75, 3.05) is 5.32 Å². The van der Waals surface area contributed by atoms with Crippen LogP contribution in [0.25, 0.3) is 0 Å². The van der Waals surface area contributed by atoms with Crippen molar-refractivity contribution in [1.29, 1.82) is 0 Å². The molecule has 0 saturated heterocycles. The summed E-state index contributed by atoms with van der Waals surface area (Å²) in [7, 11) is 0. The smallest absolute Gasteiger partial charge is 0.283 e. The molecule has 7 heteroatoms. The first-order valence-electron chi connectivity index (χ1n) is 6.08. The van der Waals surface area contributed by atoms with Crippen LogP contribution in [-0.2, 0) is 19.5 Å². The first-order valence-corrected chi connectivity index (χ1v) is 6.88. The van der Waals surface area contributed by atoms with E-state index in [-0.39, 0.29) is 5.56 Å². The Morgan fingerprint density at radius 1 is 1.42 bits per heavy atom. The molecule has 0 aliphatic carbocycles. The van der Waals surface area contributed by atoms with Gasteiger partial charge in [0.2, 0.25) is 5.89 Å². The molecule has 0 unspecified atom stereocenters. The third-order valence-electron chi connectivity index (χ3n) is 2.66. The van der Waals surface area contributed by atoms with E-state index in [2.05, 4.69) is 31.3 Å². The molecule has 2 aromatic rings. The molecule has 0 atom stereocenters. The van der Waals surface area contributed by atoms with Crippen LogP contribution in [0.4, 0.5) is 5.69 Å². The fraction of sp³-hybridized carbons (Fsp3) is 0.417. The van der Waals surface area contributed by atoms with Gasteiger partial charge >= 0.3 is 0 Å². The van der Waals surface area contributed by atoms with E-state index >= 15 is 0 Å². The van der Waals surface area contributed by atoms with E-state index < -0.39 is 0 Å². The van der Waals surface area contributed by atoms with Crippen molar-refractivity contribution in [2.45, 2.75) is 33.4 Å². The minimum Gasteiger partial charge on any atom is -0.444 e. The maximum Gasteiger partial charge on any atom is 0.283 e. The van der Waals surface area contributed by atoms with E-state index in [4.69, 9.17) is 4.42 Å². The van der Waals surface area contributed by atoms with Crippen LogP contribution in [0.15, 0.2) is 26.1 Å². The second-order valence-electron chi connectivity index (χ2n) is 3.92. The number of nitrogens with zero attached hydrogens (tertiary/aromatic N) is 3. The minimum atomic E-state index is -0.158. The Balaban J connectivity index is 2.11. The fourth-order valence-corrected chi connectivity index (χ4v) is 2.02. The highest BCUT2D eigenvalue weighted by Crippen LogP contribution is 2.17. The average molecular weight is 327 g/mol. The zero-order valence-corrected chi connectivity index (χ0v) is 12.4. The summed E-state index contributed by atoms with van der Waals surface area (Å²) >= 11 is 3.28. The number of halogens is 1. The normalized spacial score (nSPS) is 10.7. The Morgan fingerprint density at radius 3 is 2.84 bits per heavy atom. The van der Waals surface area contributed by atoms with Gasteiger partial charge in [0.05, 0.1) is 24.6 Å². The lowest BCUT2D eigenvalue weighted by molar-refractivity contribution is 0.465. The van der Waals surface area contributed by atoms with Crippen LogP contribution < -0.4 is 10.9 Å². The second kappa shape index (κ2) is 6.01. The van der Waals surface area contributed by atoms with Crippen LogP contribution in [0, 0.1) is 0 Å². The van der Waals surface area contributed by atoms with Crippen LogP contribution in [0.3, 0.4) is 0 Å². The Bertz CT molecular complexity index is 620. The summed E-state index contributed by atoms with van der Waals surface area (Å²) in [6.45, 7) is 4.82. The van der Waals surface area contributed by atoms with E-state index in [0.717, 1.165) is 12.2 Å². The molecule has 0 aromatic carbocycles. The maximum atomic E-state index is 11.9. The lowest BCUT2D eigenvalue weighted by atomic mass is 10.4. The molecule has 0 aliphatic heterocycles. The van der Waals surface area contributed by atoms with Crippen molar-refractivity contribution >= 4 is 21.6 Å². The molecule has 2 heterocycles.